The summed E-state index contributed by atoms with van der Waals surface area (Å²) in [7, 11) is 0. The fraction of sp³-hybridized carbons (Fsp3) is 0.647. The summed E-state index contributed by atoms with van der Waals surface area (Å²) in [5, 5.41) is 11.9. The zero-order valence-corrected chi connectivity index (χ0v) is 13.0. The second-order valence-corrected chi connectivity index (χ2v) is 6.93. The number of carbonyl (C=O) groups excluding carboxylic acids is 1. The van der Waals surface area contributed by atoms with Crippen molar-refractivity contribution in [1.82, 2.24) is 5.32 Å². The number of aliphatic carboxylic acids is 1. The highest BCUT2D eigenvalue weighted by Gasteiger charge is 2.52. The van der Waals surface area contributed by atoms with Crippen LogP contribution in [-0.2, 0) is 9.59 Å². The normalized spacial score (nSPS) is 37.6. The van der Waals surface area contributed by atoms with Crippen LogP contribution in [0.15, 0.2) is 24.3 Å². The topological polar surface area (TPSA) is 66.4 Å². The molecule has 0 aliphatic heterocycles. The van der Waals surface area contributed by atoms with E-state index in [0.29, 0.717) is 6.42 Å². The van der Waals surface area contributed by atoms with Crippen LogP contribution in [0.3, 0.4) is 0 Å². The number of rotatable bonds is 4. The molecule has 0 aromatic carbocycles. The number of allylic oxidation sites excluding steroid dienone is 4. The van der Waals surface area contributed by atoms with Gasteiger partial charge in [0.2, 0.25) is 5.91 Å². The molecule has 1 amide bonds. The van der Waals surface area contributed by atoms with Gasteiger partial charge < -0.3 is 10.4 Å². The van der Waals surface area contributed by atoms with Crippen LogP contribution in [0.5, 0.6) is 0 Å². The van der Waals surface area contributed by atoms with E-state index < -0.39 is 41.7 Å². The molecular weight excluding hydrogens is 323 g/mol. The molecular formula is C17H20F3NO3. The van der Waals surface area contributed by atoms with E-state index in [1.165, 1.54) is 6.08 Å². The van der Waals surface area contributed by atoms with Gasteiger partial charge in [-0.2, -0.15) is 13.2 Å². The summed E-state index contributed by atoms with van der Waals surface area (Å²) in [6.45, 7) is -0.0721. The number of carboxylic acid groups (broad SMARTS) is 1. The first kappa shape index (κ1) is 17.0. The Bertz CT molecular complexity index is 584. The van der Waals surface area contributed by atoms with Gasteiger partial charge in [0.05, 0.1) is 17.8 Å². The lowest BCUT2D eigenvalue weighted by Crippen LogP contribution is -2.44. The minimum absolute atomic E-state index is 0.0708. The van der Waals surface area contributed by atoms with Gasteiger partial charge in [-0.3, -0.25) is 9.59 Å². The van der Waals surface area contributed by atoms with Crippen molar-refractivity contribution in [1.29, 1.82) is 0 Å². The van der Waals surface area contributed by atoms with Crippen LogP contribution in [0, 0.1) is 35.5 Å². The number of alkyl halides is 3. The van der Waals surface area contributed by atoms with Crippen molar-refractivity contribution in [2.45, 2.75) is 25.4 Å². The lowest BCUT2D eigenvalue weighted by atomic mass is 9.81. The highest BCUT2D eigenvalue weighted by Crippen LogP contribution is 2.48. The first-order valence-corrected chi connectivity index (χ1v) is 8.19. The van der Waals surface area contributed by atoms with Gasteiger partial charge in [-0.25, -0.2) is 0 Å². The largest absolute Gasteiger partial charge is 0.481 e. The first-order chi connectivity index (χ1) is 11.3. The quantitative estimate of drug-likeness (QED) is 0.772. The molecule has 0 unspecified atom stereocenters. The summed E-state index contributed by atoms with van der Waals surface area (Å²) in [5.41, 5.74) is 0. The molecule has 6 atom stereocenters. The van der Waals surface area contributed by atoms with Crippen molar-refractivity contribution in [3.63, 3.8) is 0 Å². The molecule has 3 rings (SSSR count). The molecule has 132 valence electrons. The Hall–Kier alpha value is -1.79. The molecule has 0 aromatic heterocycles. The lowest BCUT2D eigenvalue weighted by molar-refractivity contribution is -0.188. The Morgan fingerprint density at radius 2 is 1.71 bits per heavy atom. The minimum Gasteiger partial charge on any atom is -0.481 e. The summed E-state index contributed by atoms with van der Waals surface area (Å²) in [5.74, 6) is -5.33. The second kappa shape index (κ2) is 6.26. The molecule has 0 saturated heterocycles. The van der Waals surface area contributed by atoms with Gasteiger partial charge >= 0.3 is 12.1 Å². The van der Waals surface area contributed by atoms with Gasteiger partial charge in [-0.1, -0.05) is 24.3 Å². The van der Waals surface area contributed by atoms with Crippen molar-refractivity contribution in [2.75, 3.05) is 6.54 Å². The smallest absolute Gasteiger partial charge is 0.392 e. The molecule has 2 bridgehead atoms. The van der Waals surface area contributed by atoms with Crippen LogP contribution in [0.4, 0.5) is 13.2 Å². The van der Waals surface area contributed by atoms with Gasteiger partial charge in [-0.15, -0.1) is 0 Å². The molecule has 3 aliphatic carbocycles. The summed E-state index contributed by atoms with van der Waals surface area (Å²) in [4.78, 5) is 23.9. The van der Waals surface area contributed by atoms with Crippen molar-refractivity contribution in [3.05, 3.63) is 24.3 Å². The third-order valence-corrected chi connectivity index (χ3v) is 5.57. The summed E-state index contributed by atoms with van der Waals surface area (Å²) >= 11 is 0. The summed E-state index contributed by atoms with van der Waals surface area (Å²) in [6.07, 6.45) is 3.46. The Morgan fingerprint density at radius 1 is 1.08 bits per heavy atom. The predicted octanol–water partition coefficient (Wildman–Crippen LogP) is 2.77. The van der Waals surface area contributed by atoms with E-state index in [-0.39, 0.29) is 31.2 Å². The van der Waals surface area contributed by atoms with Gasteiger partial charge in [0.25, 0.3) is 0 Å². The molecule has 4 nitrogen and oxygen atoms in total. The van der Waals surface area contributed by atoms with Crippen molar-refractivity contribution in [2.24, 2.45) is 35.5 Å². The fourth-order valence-electron chi connectivity index (χ4n) is 4.36. The Morgan fingerprint density at radius 3 is 2.33 bits per heavy atom. The van der Waals surface area contributed by atoms with Crippen molar-refractivity contribution < 1.29 is 27.9 Å². The number of hydrogen-bond acceptors (Lipinski definition) is 2. The highest BCUT2D eigenvalue weighted by molar-refractivity contribution is 5.86. The molecule has 3 aliphatic rings. The number of carbonyl (C=O) groups is 2. The predicted molar refractivity (Wildman–Crippen MR) is 79.8 cm³/mol. The van der Waals surface area contributed by atoms with Crippen LogP contribution < -0.4 is 5.32 Å². The monoisotopic (exact) mass is 343 g/mol. The van der Waals surface area contributed by atoms with E-state index in [2.05, 4.69) is 5.32 Å². The first-order valence-electron chi connectivity index (χ1n) is 8.19. The number of halogens is 3. The molecule has 24 heavy (non-hydrogen) atoms. The maximum atomic E-state index is 13.1. The number of nitrogens with one attached hydrogen (secondary N) is 1. The molecule has 0 aromatic rings. The van der Waals surface area contributed by atoms with E-state index >= 15 is 0 Å². The van der Waals surface area contributed by atoms with Crippen molar-refractivity contribution in [3.8, 4) is 0 Å². The maximum Gasteiger partial charge on any atom is 0.392 e. The SMILES string of the molecule is O=C(O)[C@@H]1[C@H](C(=O)NC[C@@H]2CC=CC[C@H]2C(F)(F)F)[C@@H]2C=C[C@H]1C2. The minimum atomic E-state index is -4.29. The van der Waals surface area contributed by atoms with Crippen LogP contribution >= 0.6 is 0 Å². The molecule has 1 saturated carbocycles. The highest BCUT2D eigenvalue weighted by atomic mass is 19.4. The molecule has 0 spiro atoms. The fourth-order valence-corrected chi connectivity index (χ4v) is 4.36. The number of carboxylic acids is 1. The van der Waals surface area contributed by atoms with Gasteiger partial charge in [0, 0.05) is 6.54 Å². The van der Waals surface area contributed by atoms with E-state index in [1.807, 2.05) is 12.2 Å². The van der Waals surface area contributed by atoms with Crippen LogP contribution in [0.25, 0.3) is 0 Å². The summed E-state index contributed by atoms with van der Waals surface area (Å²) < 4.78 is 39.2. The molecule has 7 heteroatoms. The average Bonchev–Trinajstić information content (AvgIpc) is 3.12. The van der Waals surface area contributed by atoms with Gasteiger partial charge in [-0.05, 0) is 37.0 Å². The Balaban J connectivity index is 1.64. The Kier molecular flexibility index (Phi) is 4.44. The molecule has 0 heterocycles. The standard InChI is InChI=1S/C17H20F3NO3/c18-17(19,20)12-4-2-1-3-11(12)8-21-15(22)13-9-5-6-10(7-9)14(13)16(23)24/h1-2,5-6,9-14H,3-4,7-8H2,(H,21,22)(H,23,24)/t9-,10+,11+,12-,13-,14+/m1/s1. The number of fused-ring (bicyclic) bond motifs is 2. The zero-order valence-electron chi connectivity index (χ0n) is 13.0. The lowest BCUT2D eigenvalue weighted by Gasteiger charge is -2.31. The van der Waals surface area contributed by atoms with Crippen LogP contribution in [0.1, 0.15) is 19.3 Å². The van der Waals surface area contributed by atoms with E-state index in [1.54, 1.807) is 6.08 Å². The number of amides is 1. The summed E-state index contributed by atoms with van der Waals surface area (Å²) in [6, 6.07) is 0. The Labute approximate surface area is 137 Å². The van der Waals surface area contributed by atoms with Gasteiger partial charge in [0.1, 0.15) is 0 Å². The van der Waals surface area contributed by atoms with Crippen LogP contribution in [0.2, 0.25) is 0 Å². The second-order valence-electron chi connectivity index (χ2n) is 6.93. The molecule has 1 fully saturated rings. The maximum absolute atomic E-state index is 13.1. The van der Waals surface area contributed by atoms with E-state index in [9.17, 15) is 27.9 Å². The van der Waals surface area contributed by atoms with Gasteiger partial charge in [0.15, 0.2) is 0 Å². The van der Waals surface area contributed by atoms with E-state index in [0.717, 1.165) is 0 Å². The number of hydrogen-bond donors (Lipinski definition) is 2. The third-order valence-electron chi connectivity index (χ3n) is 5.57. The van der Waals surface area contributed by atoms with E-state index in [4.69, 9.17) is 0 Å². The third kappa shape index (κ3) is 3.08. The zero-order chi connectivity index (χ0) is 17.5. The molecule has 0 radical (unpaired) electrons. The average molecular weight is 343 g/mol. The molecule has 2 N–H and O–H groups in total. The van der Waals surface area contributed by atoms with Crippen LogP contribution in [-0.4, -0.2) is 29.7 Å². The van der Waals surface area contributed by atoms with Crippen molar-refractivity contribution >= 4 is 11.9 Å².